The van der Waals surface area contributed by atoms with Crippen molar-refractivity contribution in [1.29, 1.82) is 0 Å². The van der Waals surface area contributed by atoms with Gasteiger partial charge in [0.05, 0.1) is 0 Å². The summed E-state index contributed by atoms with van der Waals surface area (Å²) in [6.45, 7) is 4.42. The quantitative estimate of drug-likeness (QED) is 0.750. The fourth-order valence-electron chi connectivity index (χ4n) is 1.86. The zero-order valence-electron chi connectivity index (χ0n) is 10.00. The van der Waals surface area contributed by atoms with Crippen molar-refractivity contribution in [2.24, 2.45) is 5.73 Å². The Balaban J connectivity index is 2.62. The van der Waals surface area contributed by atoms with Crippen LogP contribution in [0.15, 0.2) is 24.3 Å². The van der Waals surface area contributed by atoms with Crippen molar-refractivity contribution >= 4 is 0 Å². The SMILES string of the molecule is CCCCC(N)c1cccc(CCC)c1. The van der Waals surface area contributed by atoms with Crippen molar-refractivity contribution in [3.05, 3.63) is 35.4 Å². The molecule has 1 nitrogen and oxygen atoms in total. The van der Waals surface area contributed by atoms with Gasteiger partial charge < -0.3 is 5.73 Å². The van der Waals surface area contributed by atoms with Gasteiger partial charge in [-0.3, -0.25) is 0 Å². The molecule has 0 fully saturated rings. The Morgan fingerprint density at radius 1 is 1.20 bits per heavy atom. The van der Waals surface area contributed by atoms with Crippen LogP contribution in [0, 0.1) is 0 Å². The van der Waals surface area contributed by atoms with Gasteiger partial charge in [-0.15, -0.1) is 0 Å². The average molecular weight is 205 g/mol. The summed E-state index contributed by atoms with van der Waals surface area (Å²) in [6.07, 6.45) is 5.91. The summed E-state index contributed by atoms with van der Waals surface area (Å²) in [5.74, 6) is 0. The summed E-state index contributed by atoms with van der Waals surface area (Å²) in [7, 11) is 0. The van der Waals surface area contributed by atoms with Crippen molar-refractivity contribution in [3.63, 3.8) is 0 Å². The summed E-state index contributed by atoms with van der Waals surface area (Å²) in [5.41, 5.74) is 8.86. The second-order valence-electron chi connectivity index (χ2n) is 4.24. The monoisotopic (exact) mass is 205 g/mol. The summed E-state index contributed by atoms with van der Waals surface area (Å²) >= 11 is 0. The second-order valence-corrected chi connectivity index (χ2v) is 4.24. The number of nitrogens with two attached hydrogens (primary N) is 1. The lowest BCUT2D eigenvalue weighted by molar-refractivity contribution is 0.603. The van der Waals surface area contributed by atoms with Crippen LogP contribution in [0.3, 0.4) is 0 Å². The van der Waals surface area contributed by atoms with Crippen LogP contribution in [0.25, 0.3) is 0 Å². The molecule has 84 valence electrons. The molecule has 1 aromatic carbocycles. The molecule has 0 bridgehead atoms. The lowest BCUT2D eigenvalue weighted by Gasteiger charge is -2.12. The molecule has 0 spiro atoms. The first kappa shape index (κ1) is 12.3. The van der Waals surface area contributed by atoms with E-state index in [1.165, 1.54) is 30.4 Å². The van der Waals surface area contributed by atoms with E-state index in [2.05, 4.69) is 38.1 Å². The maximum atomic E-state index is 6.15. The number of aryl methyl sites for hydroxylation is 1. The van der Waals surface area contributed by atoms with E-state index in [-0.39, 0.29) is 6.04 Å². The molecule has 1 aromatic rings. The Hall–Kier alpha value is -0.820. The van der Waals surface area contributed by atoms with Crippen molar-refractivity contribution < 1.29 is 0 Å². The zero-order chi connectivity index (χ0) is 11.1. The van der Waals surface area contributed by atoms with Crippen LogP contribution in [0.2, 0.25) is 0 Å². The smallest absolute Gasteiger partial charge is 0.0294 e. The van der Waals surface area contributed by atoms with Gasteiger partial charge in [0.2, 0.25) is 0 Å². The zero-order valence-corrected chi connectivity index (χ0v) is 10.00. The van der Waals surface area contributed by atoms with E-state index >= 15 is 0 Å². The number of hydrogen-bond acceptors (Lipinski definition) is 1. The maximum Gasteiger partial charge on any atom is 0.0294 e. The van der Waals surface area contributed by atoms with Crippen molar-refractivity contribution in [2.75, 3.05) is 0 Å². The third kappa shape index (κ3) is 4.05. The maximum absolute atomic E-state index is 6.15. The fraction of sp³-hybridized carbons (Fsp3) is 0.571. The summed E-state index contributed by atoms with van der Waals surface area (Å²) in [4.78, 5) is 0. The highest BCUT2D eigenvalue weighted by Gasteiger charge is 2.05. The highest BCUT2D eigenvalue weighted by atomic mass is 14.6. The van der Waals surface area contributed by atoms with E-state index in [1.54, 1.807) is 0 Å². The van der Waals surface area contributed by atoms with Gasteiger partial charge in [0, 0.05) is 6.04 Å². The largest absolute Gasteiger partial charge is 0.324 e. The number of rotatable bonds is 6. The Kier molecular flexibility index (Phi) is 5.41. The molecule has 1 unspecified atom stereocenters. The Labute approximate surface area is 93.7 Å². The Morgan fingerprint density at radius 3 is 2.67 bits per heavy atom. The molecule has 0 saturated carbocycles. The summed E-state index contributed by atoms with van der Waals surface area (Å²) < 4.78 is 0. The lowest BCUT2D eigenvalue weighted by atomic mass is 9.99. The molecule has 0 radical (unpaired) electrons. The minimum absolute atomic E-state index is 0.224. The molecular formula is C14H23N. The molecule has 0 aromatic heterocycles. The van der Waals surface area contributed by atoms with Crippen molar-refractivity contribution in [3.8, 4) is 0 Å². The van der Waals surface area contributed by atoms with E-state index < -0.39 is 0 Å². The van der Waals surface area contributed by atoms with Crippen molar-refractivity contribution in [2.45, 2.75) is 52.0 Å². The average Bonchev–Trinajstić information content (AvgIpc) is 2.27. The van der Waals surface area contributed by atoms with Crippen LogP contribution in [0.5, 0.6) is 0 Å². The first-order valence-corrected chi connectivity index (χ1v) is 6.12. The molecule has 2 N–H and O–H groups in total. The minimum atomic E-state index is 0.224. The van der Waals surface area contributed by atoms with E-state index in [9.17, 15) is 0 Å². The van der Waals surface area contributed by atoms with Crippen LogP contribution in [-0.2, 0) is 6.42 Å². The van der Waals surface area contributed by atoms with E-state index in [0.717, 1.165) is 12.8 Å². The molecule has 0 aliphatic heterocycles. The predicted molar refractivity (Wildman–Crippen MR) is 66.9 cm³/mol. The van der Waals surface area contributed by atoms with Gasteiger partial charge in [-0.1, -0.05) is 57.4 Å². The molecular weight excluding hydrogens is 182 g/mol. The van der Waals surface area contributed by atoms with Gasteiger partial charge in [-0.2, -0.15) is 0 Å². The highest BCUT2D eigenvalue weighted by molar-refractivity contribution is 5.25. The third-order valence-electron chi connectivity index (χ3n) is 2.79. The van der Waals surface area contributed by atoms with Crippen LogP contribution in [0.4, 0.5) is 0 Å². The first-order chi connectivity index (χ1) is 7.27. The molecule has 0 aliphatic carbocycles. The highest BCUT2D eigenvalue weighted by Crippen LogP contribution is 2.18. The predicted octanol–water partition coefficient (Wildman–Crippen LogP) is 3.83. The molecule has 0 aliphatic rings. The van der Waals surface area contributed by atoms with E-state index in [4.69, 9.17) is 5.73 Å². The number of unbranched alkanes of at least 4 members (excludes halogenated alkanes) is 1. The third-order valence-corrected chi connectivity index (χ3v) is 2.79. The summed E-state index contributed by atoms with van der Waals surface area (Å²) in [6, 6.07) is 8.97. The Morgan fingerprint density at radius 2 is 2.00 bits per heavy atom. The van der Waals surface area contributed by atoms with Crippen molar-refractivity contribution in [1.82, 2.24) is 0 Å². The second kappa shape index (κ2) is 6.62. The first-order valence-electron chi connectivity index (χ1n) is 6.12. The molecule has 1 heteroatoms. The van der Waals surface area contributed by atoms with Crippen LogP contribution in [0.1, 0.15) is 56.7 Å². The van der Waals surface area contributed by atoms with Gasteiger partial charge in [0.25, 0.3) is 0 Å². The molecule has 0 heterocycles. The lowest BCUT2D eigenvalue weighted by Crippen LogP contribution is -2.10. The van der Waals surface area contributed by atoms with Crippen LogP contribution < -0.4 is 5.73 Å². The van der Waals surface area contributed by atoms with Gasteiger partial charge in [-0.05, 0) is 24.0 Å². The topological polar surface area (TPSA) is 26.0 Å². The van der Waals surface area contributed by atoms with E-state index in [0.29, 0.717) is 0 Å². The van der Waals surface area contributed by atoms with E-state index in [1.807, 2.05) is 0 Å². The van der Waals surface area contributed by atoms with Crippen LogP contribution >= 0.6 is 0 Å². The standard InChI is InChI=1S/C14H23N/c1-3-5-10-14(15)13-9-6-8-12(11-13)7-4-2/h6,8-9,11,14H,3-5,7,10,15H2,1-2H3. The van der Waals surface area contributed by atoms with Crippen LogP contribution in [-0.4, -0.2) is 0 Å². The Bertz CT molecular complexity index is 280. The van der Waals surface area contributed by atoms with Gasteiger partial charge >= 0.3 is 0 Å². The number of hydrogen-bond donors (Lipinski definition) is 1. The normalized spacial score (nSPS) is 12.7. The molecule has 0 saturated heterocycles. The molecule has 0 amide bonds. The molecule has 1 rings (SSSR count). The number of benzene rings is 1. The molecule has 15 heavy (non-hydrogen) atoms. The molecule has 1 atom stereocenters. The van der Waals surface area contributed by atoms with Gasteiger partial charge in [0.1, 0.15) is 0 Å². The fourth-order valence-corrected chi connectivity index (χ4v) is 1.86. The van der Waals surface area contributed by atoms with Gasteiger partial charge in [-0.25, -0.2) is 0 Å². The minimum Gasteiger partial charge on any atom is -0.324 e. The van der Waals surface area contributed by atoms with Gasteiger partial charge in [0.15, 0.2) is 0 Å². The summed E-state index contributed by atoms with van der Waals surface area (Å²) in [5, 5.41) is 0.